The first-order valence-electron chi connectivity index (χ1n) is 9.31. The van der Waals surface area contributed by atoms with E-state index in [1.54, 1.807) is 0 Å². The van der Waals surface area contributed by atoms with Crippen molar-refractivity contribution in [1.82, 2.24) is 15.5 Å². The summed E-state index contributed by atoms with van der Waals surface area (Å²) in [5.74, 6) is 0.681. The van der Waals surface area contributed by atoms with Crippen LogP contribution in [0.3, 0.4) is 0 Å². The Labute approximate surface area is 154 Å². The Morgan fingerprint density at radius 2 is 1.85 bits per heavy atom. The first-order valence-corrected chi connectivity index (χ1v) is 11.1. The van der Waals surface area contributed by atoms with Gasteiger partial charge < -0.3 is 25.3 Å². The molecule has 2 aliphatic heterocycles. The average molecular weight is 381 g/mol. The smallest absolute Gasteiger partial charge is 0.325 e. The van der Waals surface area contributed by atoms with Gasteiger partial charge in [-0.15, -0.1) is 0 Å². The molecule has 2 saturated heterocycles. The molecule has 0 radical (unpaired) electrons. The number of rotatable bonds is 7. The average Bonchev–Trinajstić information content (AvgIpc) is 2.99. The van der Waals surface area contributed by atoms with E-state index < -0.39 is 7.60 Å². The molecule has 0 saturated carbocycles. The van der Waals surface area contributed by atoms with Gasteiger partial charge in [-0.2, -0.15) is 0 Å². The predicted molar refractivity (Wildman–Crippen MR) is 100 cm³/mol. The van der Waals surface area contributed by atoms with Crippen LogP contribution in [0, 0.1) is 5.92 Å². The summed E-state index contributed by atoms with van der Waals surface area (Å²) in [6.45, 7) is 3.50. The van der Waals surface area contributed by atoms with E-state index in [1.165, 1.54) is 12.8 Å². The summed E-state index contributed by atoms with van der Waals surface area (Å²) in [5, 5.41) is 6.31. The van der Waals surface area contributed by atoms with Crippen LogP contribution < -0.4 is 10.6 Å². The summed E-state index contributed by atoms with van der Waals surface area (Å²) in [6, 6.07) is 7.77. The van der Waals surface area contributed by atoms with Crippen LogP contribution in [0.5, 0.6) is 0 Å². The number of carbonyl (C=O) groups is 1. The van der Waals surface area contributed by atoms with Crippen LogP contribution in [0.25, 0.3) is 0 Å². The van der Waals surface area contributed by atoms with Crippen LogP contribution in [0.1, 0.15) is 36.4 Å². The van der Waals surface area contributed by atoms with Crippen molar-refractivity contribution in [2.75, 3.05) is 32.3 Å². The first kappa shape index (κ1) is 19.4. The van der Waals surface area contributed by atoms with E-state index in [2.05, 4.69) is 10.6 Å². The van der Waals surface area contributed by atoms with Gasteiger partial charge in [0, 0.05) is 13.1 Å². The van der Waals surface area contributed by atoms with Crippen molar-refractivity contribution in [3.63, 3.8) is 0 Å². The number of benzene rings is 1. The molecule has 0 aliphatic carbocycles. The molecule has 0 bridgehead atoms. The van der Waals surface area contributed by atoms with Crippen LogP contribution in [-0.2, 0) is 11.0 Å². The molecule has 0 aromatic heterocycles. The van der Waals surface area contributed by atoms with E-state index >= 15 is 0 Å². The second-order valence-electron chi connectivity index (χ2n) is 7.26. The molecule has 4 N–H and O–H groups in total. The quantitative estimate of drug-likeness (QED) is 0.540. The zero-order chi connectivity index (χ0) is 18.6. The molecule has 0 spiro atoms. The fraction of sp³-hybridized carbons (Fsp3) is 0.611. The van der Waals surface area contributed by atoms with Crippen molar-refractivity contribution in [2.24, 2.45) is 5.92 Å². The molecule has 1 unspecified atom stereocenters. The highest BCUT2D eigenvalue weighted by Crippen LogP contribution is 2.35. The normalized spacial score (nSPS) is 21.8. The summed E-state index contributed by atoms with van der Waals surface area (Å²) in [5.41, 5.74) is 1.96. The zero-order valence-electron chi connectivity index (χ0n) is 14.9. The third-order valence-corrected chi connectivity index (χ3v) is 6.18. The van der Waals surface area contributed by atoms with E-state index in [4.69, 9.17) is 9.79 Å². The van der Waals surface area contributed by atoms with Crippen LogP contribution in [-0.4, -0.2) is 53.1 Å². The Morgan fingerprint density at radius 3 is 2.50 bits per heavy atom. The zero-order valence-corrected chi connectivity index (χ0v) is 15.8. The first-order chi connectivity index (χ1) is 12.4. The number of amides is 2. The molecule has 1 atom stereocenters. The molecule has 144 valence electrons. The fourth-order valence-electron chi connectivity index (χ4n) is 3.77. The highest BCUT2D eigenvalue weighted by atomic mass is 31.2. The standard InChI is InChI=1S/C18H28N3O4P/c22-18-20-13-17(21(18)11-7-15-5-9-19-10-6-15)16-3-1-14(2-4-16)8-12-26(23,24)25/h1-4,15,17,19H,5-13H2,(H,20,22)(H2,23,24,25). The molecule has 2 amide bonds. The lowest BCUT2D eigenvalue weighted by Crippen LogP contribution is -2.34. The molecule has 2 aliphatic rings. The predicted octanol–water partition coefficient (Wildman–Crippen LogP) is 1.86. The van der Waals surface area contributed by atoms with Crippen molar-refractivity contribution >= 4 is 13.6 Å². The van der Waals surface area contributed by atoms with Gasteiger partial charge in [0.2, 0.25) is 0 Å². The molecular weight excluding hydrogens is 353 g/mol. The molecule has 1 aromatic carbocycles. The lowest BCUT2D eigenvalue weighted by molar-refractivity contribution is 0.195. The van der Waals surface area contributed by atoms with Gasteiger partial charge in [-0.05, 0) is 55.8 Å². The highest BCUT2D eigenvalue weighted by Gasteiger charge is 2.32. The minimum atomic E-state index is -3.97. The van der Waals surface area contributed by atoms with Gasteiger partial charge >= 0.3 is 13.6 Å². The molecular formula is C18H28N3O4P. The van der Waals surface area contributed by atoms with Gasteiger partial charge in [-0.25, -0.2) is 4.79 Å². The Morgan fingerprint density at radius 1 is 1.15 bits per heavy atom. The maximum atomic E-state index is 12.2. The Bertz CT molecular complexity index is 655. The molecule has 26 heavy (non-hydrogen) atoms. The summed E-state index contributed by atoms with van der Waals surface area (Å²) < 4.78 is 11.0. The minimum absolute atomic E-state index is 0.00508. The van der Waals surface area contributed by atoms with E-state index in [-0.39, 0.29) is 18.2 Å². The number of carbonyl (C=O) groups excluding carboxylic acids is 1. The van der Waals surface area contributed by atoms with Gasteiger partial charge in [0.25, 0.3) is 0 Å². The van der Waals surface area contributed by atoms with Crippen molar-refractivity contribution in [3.8, 4) is 0 Å². The summed E-state index contributed by atoms with van der Waals surface area (Å²) >= 11 is 0. The number of aryl methyl sites for hydroxylation is 1. The minimum Gasteiger partial charge on any atom is -0.336 e. The monoisotopic (exact) mass is 381 g/mol. The molecule has 2 heterocycles. The van der Waals surface area contributed by atoms with Crippen LogP contribution in [0.2, 0.25) is 0 Å². The lowest BCUT2D eigenvalue weighted by Gasteiger charge is -2.28. The van der Waals surface area contributed by atoms with E-state index in [9.17, 15) is 9.36 Å². The number of hydrogen-bond acceptors (Lipinski definition) is 3. The van der Waals surface area contributed by atoms with Gasteiger partial charge in [-0.3, -0.25) is 4.57 Å². The van der Waals surface area contributed by atoms with Crippen molar-refractivity contribution in [2.45, 2.75) is 31.7 Å². The largest absolute Gasteiger partial charge is 0.336 e. The molecule has 3 rings (SSSR count). The summed E-state index contributed by atoms with van der Waals surface area (Å²) in [6.07, 6.45) is 3.60. The van der Waals surface area contributed by atoms with E-state index in [0.717, 1.165) is 37.2 Å². The Kier molecular flexibility index (Phi) is 6.35. The third-order valence-electron chi connectivity index (χ3n) is 5.38. The number of hydrogen-bond donors (Lipinski definition) is 4. The van der Waals surface area contributed by atoms with Gasteiger partial charge in [0.05, 0.1) is 12.2 Å². The molecule has 2 fully saturated rings. The summed E-state index contributed by atoms with van der Waals surface area (Å²) in [7, 11) is -3.97. The Hall–Kier alpha value is -1.40. The number of nitrogens with zero attached hydrogens (tertiary/aromatic N) is 1. The van der Waals surface area contributed by atoms with Crippen LogP contribution in [0.15, 0.2) is 24.3 Å². The van der Waals surface area contributed by atoms with Gasteiger partial charge in [-0.1, -0.05) is 24.3 Å². The van der Waals surface area contributed by atoms with E-state index in [0.29, 0.717) is 18.9 Å². The second-order valence-corrected chi connectivity index (χ2v) is 9.03. The maximum absolute atomic E-state index is 12.2. The van der Waals surface area contributed by atoms with Crippen molar-refractivity contribution < 1.29 is 19.1 Å². The van der Waals surface area contributed by atoms with Crippen LogP contribution in [0.4, 0.5) is 4.79 Å². The van der Waals surface area contributed by atoms with Crippen molar-refractivity contribution in [3.05, 3.63) is 35.4 Å². The molecule has 8 heteroatoms. The fourth-order valence-corrected chi connectivity index (χ4v) is 4.32. The van der Waals surface area contributed by atoms with E-state index in [1.807, 2.05) is 29.2 Å². The van der Waals surface area contributed by atoms with Gasteiger partial charge in [0.15, 0.2) is 0 Å². The van der Waals surface area contributed by atoms with Crippen molar-refractivity contribution in [1.29, 1.82) is 0 Å². The second kappa shape index (κ2) is 8.53. The lowest BCUT2D eigenvalue weighted by atomic mass is 9.94. The topological polar surface area (TPSA) is 102 Å². The summed E-state index contributed by atoms with van der Waals surface area (Å²) in [4.78, 5) is 32.1. The van der Waals surface area contributed by atoms with Gasteiger partial charge in [0.1, 0.15) is 0 Å². The molecule has 1 aromatic rings. The molecule has 7 nitrogen and oxygen atoms in total. The van der Waals surface area contributed by atoms with Crippen LogP contribution >= 0.6 is 7.60 Å². The number of piperidine rings is 1. The highest BCUT2D eigenvalue weighted by molar-refractivity contribution is 7.51. The third kappa shape index (κ3) is 5.30. The number of nitrogens with one attached hydrogen (secondary N) is 2. The number of urea groups is 1. The Balaban J connectivity index is 1.59. The maximum Gasteiger partial charge on any atom is 0.325 e. The SMILES string of the molecule is O=C1NCC(c2ccc(CCP(=O)(O)O)cc2)N1CCC1CCNCC1.